The first-order valence-corrected chi connectivity index (χ1v) is 19.2. The molecule has 282 valence electrons. The summed E-state index contributed by atoms with van der Waals surface area (Å²) in [7, 11) is -5.11. The van der Waals surface area contributed by atoms with E-state index in [1.807, 2.05) is 0 Å². The summed E-state index contributed by atoms with van der Waals surface area (Å²) in [5.74, 6) is -0.719. The van der Waals surface area contributed by atoms with Crippen LogP contribution < -0.4 is 5.32 Å². The molecule has 0 aliphatic carbocycles. The summed E-state index contributed by atoms with van der Waals surface area (Å²) in [5.41, 5.74) is 0. The first kappa shape index (κ1) is 44.6. The first-order valence-electron chi connectivity index (χ1n) is 17.8. The lowest BCUT2D eigenvalue weighted by molar-refractivity contribution is -0.298. The van der Waals surface area contributed by atoms with Crippen molar-refractivity contribution in [3.63, 3.8) is 0 Å². The highest BCUT2D eigenvalue weighted by Gasteiger charge is 2.48. The molecule has 1 saturated heterocycles. The second-order valence-electron chi connectivity index (χ2n) is 12.6. The molecule has 1 heterocycles. The van der Waals surface area contributed by atoms with Gasteiger partial charge in [-0.2, -0.15) is 8.42 Å². The van der Waals surface area contributed by atoms with Crippen LogP contribution in [0, 0.1) is 0 Å². The highest BCUT2D eigenvalue weighted by atomic mass is 32.3. The van der Waals surface area contributed by atoms with Gasteiger partial charge >= 0.3 is 10.4 Å². The van der Waals surface area contributed by atoms with E-state index in [9.17, 15) is 38.7 Å². The third-order valence-corrected chi connectivity index (χ3v) is 8.81. The lowest BCUT2D eigenvalue weighted by Crippen LogP contribution is -2.61. The molecule has 48 heavy (non-hydrogen) atoms. The number of allylic oxidation sites excluding steroid dienone is 3. The Bertz CT molecular complexity index is 995. The van der Waals surface area contributed by atoms with Gasteiger partial charge in [0.1, 0.15) is 30.5 Å². The Morgan fingerprint density at radius 2 is 1.40 bits per heavy atom. The quantitative estimate of drug-likeness (QED) is 0.0353. The molecule has 1 fully saturated rings. The fourth-order valence-corrected chi connectivity index (χ4v) is 5.92. The molecule has 1 amide bonds. The second kappa shape index (κ2) is 26.4. The van der Waals surface area contributed by atoms with E-state index in [4.69, 9.17) is 14.0 Å². The molecule has 0 saturated carbocycles. The molecule has 13 nitrogen and oxygen atoms in total. The van der Waals surface area contributed by atoms with E-state index < -0.39 is 78.5 Å². The highest BCUT2D eigenvalue weighted by Crippen LogP contribution is 2.26. The first-order chi connectivity index (χ1) is 22.9. The van der Waals surface area contributed by atoms with Gasteiger partial charge in [-0.25, -0.2) is 4.18 Å². The van der Waals surface area contributed by atoms with E-state index in [-0.39, 0.29) is 6.42 Å². The topological polar surface area (TPSA) is 212 Å². The molecule has 8 unspecified atom stereocenters. The largest absolute Gasteiger partial charge is 0.397 e. The van der Waals surface area contributed by atoms with Crippen LogP contribution in [0.1, 0.15) is 123 Å². The van der Waals surface area contributed by atoms with Crippen LogP contribution in [-0.2, 0) is 28.9 Å². The maximum atomic E-state index is 12.9. The van der Waals surface area contributed by atoms with Crippen LogP contribution >= 0.6 is 0 Å². The molecule has 1 rings (SSSR count). The average molecular weight is 710 g/mol. The predicted octanol–water partition coefficient (Wildman–Crippen LogP) is 3.62. The van der Waals surface area contributed by atoms with Crippen LogP contribution in [0.25, 0.3) is 0 Å². The fourth-order valence-electron chi connectivity index (χ4n) is 5.41. The molecule has 14 heteroatoms. The number of carbonyl (C=O) groups excluding carboxylic acids is 1. The summed E-state index contributed by atoms with van der Waals surface area (Å²) in [6, 6.07) is -1.13. The SMILES string of the molecule is CCCCCC/C=C/CC/C=C/C(O)C(COC1OC(CO)C(O)C(OS(=O)(=O)O)C1O)NC(=O)C(O)CCCCCCCCCCC. The minimum Gasteiger partial charge on any atom is -0.394 e. The molecule has 0 aromatic heterocycles. The number of unbranched alkanes of at least 4 members (excludes halogenated alkanes) is 13. The maximum absolute atomic E-state index is 12.9. The van der Waals surface area contributed by atoms with Crippen molar-refractivity contribution in [3.05, 3.63) is 24.3 Å². The Morgan fingerprint density at radius 1 is 0.833 bits per heavy atom. The molecule has 0 aromatic carbocycles. The van der Waals surface area contributed by atoms with Crippen molar-refractivity contribution in [3.8, 4) is 0 Å². The molecular formula is C34H63NO12S. The molecule has 0 bridgehead atoms. The number of amides is 1. The summed E-state index contributed by atoms with van der Waals surface area (Å²) in [6.45, 7) is 3.07. The Kier molecular flexibility index (Phi) is 24.5. The van der Waals surface area contributed by atoms with Gasteiger partial charge in [0.15, 0.2) is 6.29 Å². The monoisotopic (exact) mass is 709 g/mol. The fraction of sp³-hybridized carbons (Fsp3) is 0.853. The standard InChI is InChI=1S/C34H63NO12S/c1-3-5-7-9-11-13-15-16-18-20-22-27(37)26(35-33(41)28(38)23-21-19-17-14-12-10-8-6-4-2)25-45-34-31(40)32(47-48(42,43)44)30(39)29(24-36)46-34/h13,15,20,22,26-32,34,36-40H,3-12,14,16-19,21,23-25H2,1-2H3,(H,35,41)(H,42,43,44)/b15-13+,22-20+. The minimum atomic E-state index is -5.11. The number of ether oxygens (including phenoxy) is 2. The zero-order valence-corrected chi connectivity index (χ0v) is 29.7. The summed E-state index contributed by atoms with van der Waals surface area (Å²) in [5, 5.41) is 54.5. The summed E-state index contributed by atoms with van der Waals surface area (Å²) < 4.78 is 47.1. The van der Waals surface area contributed by atoms with Gasteiger partial charge in [-0.1, -0.05) is 115 Å². The summed E-state index contributed by atoms with van der Waals surface area (Å²) in [6.07, 6.45) is 13.1. The van der Waals surface area contributed by atoms with Crippen LogP contribution in [-0.4, -0.2) is 107 Å². The Balaban J connectivity index is 2.80. The normalized spacial score (nSPS) is 23.9. The summed E-state index contributed by atoms with van der Waals surface area (Å²) in [4.78, 5) is 12.9. The molecule has 1 aliphatic rings. The Hall–Kier alpha value is -1.46. The van der Waals surface area contributed by atoms with Crippen LogP contribution in [0.4, 0.5) is 0 Å². The number of nitrogens with one attached hydrogen (secondary N) is 1. The van der Waals surface area contributed by atoms with Crippen LogP contribution in [0.5, 0.6) is 0 Å². The average Bonchev–Trinajstić information content (AvgIpc) is 3.05. The summed E-state index contributed by atoms with van der Waals surface area (Å²) >= 11 is 0. The number of carbonyl (C=O) groups is 1. The van der Waals surface area contributed by atoms with E-state index in [0.29, 0.717) is 12.8 Å². The third kappa shape index (κ3) is 19.7. The molecular weight excluding hydrogens is 646 g/mol. The Labute approximate surface area is 287 Å². The Morgan fingerprint density at radius 3 is 2.00 bits per heavy atom. The van der Waals surface area contributed by atoms with E-state index in [0.717, 1.165) is 38.5 Å². The number of aliphatic hydroxyl groups excluding tert-OH is 5. The van der Waals surface area contributed by atoms with Crippen molar-refractivity contribution in [2.75, 3.05) is 13.2 Å². The van der Waals surface area contributed by atoms with E-state index in [1.165, 1.54) is 57.4 Å². The van der Waals surface area contributed by atoms with Gasteiger partial charge in [-0.15, -0.1) is 0 Å². The number of hydrogen-bond acceptors (Lipinski definition) is 11. The van der Waals surface area contributed by atoms with E-state index >= 15 is 0 Å². The van der Waals surface area contributed by atoms with Crippen LogP contribution in [0.3, 0.4) is 0 Å². The second-order valence-corrected chi connectivity index (χ2v) is 13.6. The third-order valence-electron chi connectivity index (χ3n) is 8.34. The van der Waals surface area contributed by atoms with Gasteiger partial charge in [0.2, 0.25) is 5.91 Å². The van der Waals surface area contributed by atoms with Crippen molar-refractivity contribution in [2.24, 2.45) is 0 Å². The zero-order valence-electron chi connectivity index (χ0n) is 28.9. The number of aliphatic hydroxyl groups is 5. The van der Waals surface area contributed by atoms with Crippen molar-refractivity contribution >= 4 is 16.3 Å². The maximum Gasteiger partial charge on any atom is 0.397 e. The van der Waals surface area contributed by atoms with Gasteiger partial charge < -0.3 is 40.3 Å². The van der Waals surface area contributed by atoms with Crippen LogP contribution in [0.2, 0.25) is 0 Å². The molecule has 0 aromatic rings. The van der Waals surface area contributed by atoms with Crippen molar-refractivity contribution in [1.82, 2.24) is 5.32 Å². The molecule has 0 radical (unpaired) electrons. The van der Waals surface area contributed by atoms with Crippen molar-refractivity contribution in [1.29, 1.82) is 0 Å². The van der Waals surface area contributed by atoms with Gasteiger partial charge in [0, 0.05) is 0 Å². The minimum absolute atomic E-state index is 0.237. The molecule has 8 atom stereocenters. The van der Waals surface area contributed by atoms with Gasteiger partial charge in [0.25, 0.3) is 0 Å². The predicted molar refractivity (Wildman–Crippen MR) is 182 cm³/mol. The number of hydrogen-bond donors (Lipinski definition) is 7. The lowest BCUT2D eigenvalue weighted by atomic mass is 9.99. The van der Waals surface area contributed by atoms with Gasteiger partial charge in [-0.05, 0) is 32.1 Å². The van der Waals surface area contributed by atoms with Crippen molar-refractivity contribution < 1.29 is 57.0 Å². The lowest BCUT2D eigenvalue weighted by Gasteiger charge is -2.41. The van der Waals surface area contributed by atoms with E-state index in [2.05, 4.69) is 35.5 Å². The van der Waals surface area contributed by atoms with Crippen LogP contribution in [0.15, 0.2) is 24.3 Å². The smallest absolute Gasteiger partial charge is 0.394 e. The highest BCUT2D eigenvalue weighted by molar-refractivity contribution is 7.80. The van der Waals surface area contributed by atoms with E-state index in [1.54, 1.807) is 6.08 Å². The zero-order chi connectivity index (χ0) is 35.8. The van der Waals surface area contributed by atoms with Crippen molar-refractivity contribution in [2.45, 2.75) is 172 Å². The van der Waals surface area contributed by atoms with Gasteiger partial charge in [-0.3, -0.25) is 9.35 Å². The molecule has 0 spiro atoms. The van der Waals surface area contributed by atoms with Gasteiger partial charge in [0.05, 0.1) is 25.4 Å². The molecule has 1 aliphatic heterocycles. The molecule has 7 N–H and O–H groups in total. The number of rotatable bonds is 28.